The third-order valence-electron chi connectivity index (χ3n) is 6.30. The minimum Gasteiger partial charge on any atom is -0.383 e. The fourth-order valence-electron chi connectivity index (χ4n) is 4.67. The Bertz CT molecular complexity index is 1350. The summed E-state index contributed by atoms with van der Waals surface area (Å²) >= 11 is 3.64. The summed E-state index contributed by atoms with van der Waals surface area (Å²) in [5.41, 5.74) is 9.91. The Morgan fingerprint density at radius 1 is 1.16 bits per heavy atom. The standard InChI is InChI=1S/C22H20BrN7O/c23-19-20(24)30-21(27-22(19)28-7-8-29-15(12-28)5-6-18(29)31)16(11-26-30)14-9-13-3-1-2-4-17(13)25-10-14/h1-4,9-11,15H,5-8,12,24H2. The van der Waals surface area contributed by atoms with Crippen LogP contribution in [0.2, 0.25) is 0 Å². The molecule has 3 aromatic heterocycles. The van der Waals surface area contributed by atoms with Gasteiger partial charge in [-0.3, -0.25) is 9.78 Å². The number of hydrogen-bond donors (Lipinski definition) is 1. The average Bonchev–Trinajstić information content (AvgIpc) is 3.39. The van der Waals surface area contributed by atoms with E-state index in [1.54, 1.807) is 10.7 Å². The molecule has 5 heterocycles. The van der Waals surface area contributed by atoms with Crippen molar-refractivity contribution < 1.29 is 4.79 Å². The van der Waals surface area contributed by atoms with Gasteiger partial charge in [-0.05, 0) is 34.5 Å². The van der Waals surface area contributed by atoms with Crippen molar-refractivity contribution in [1.82, 2.24) is 24.5 Å². The molecule has 8 nitrogen and oxygen atoms in total. The molecule has 0 aliphatic carbocycles. The number of nitrogens with zero attached hydrogens (tertiary/aromatic N) is 6. The third kappa shape index (κ3) is 2.87. The number of carbonyl (C=O) groups excluding carboxylic acids is 1. The van der Waals surface area contributed by atoms with Gasteiger partial charge in [-0.2, -0.15) is 9.61 Å². The molecule has 6 rings (SSSR count). The maximum atomic E-state index is 12.1. The zero-order valence-corrected chi connectivity index (χ0v) is 18.3. The van der Waals surface area contributed by atoms with Crippen molar-refractivity contribution in [3.8, 4) is 11.1 Å². The highest BCUT2D eigenvalue weighted by Gasteiger charge is 2.36. The molecule has 2 aliphatic heterocycles. The molecule has 1 aromatic carbocycles. The first-order valence-corrected chi connectivity index (χ1v) is 11.1. The quantitative estimate of drug-likeness (QED) is 0.476. The Hall–Kier alpha value is -3.20. The lowest BCUT2D eigenvalue weighted by Gasteiger charge is -2.38. The number of halogens is 1. The summed E-state index contributed by atoms with van der Waals surface area (Å²) in [4.78, 5) is 25.8. The number of carbonyl (C=O) groups is 1. The lowest BCUT2D eigenvalue weighted by molar-refractivity contribution is -0.129. The molecule has 1 atom stereocenters. The van der Waals surface area contributed by atoms with Gasteiger partial charge in [0.2, 0.25) is 5.91 Å². The molecular formula is C22H20BrN7O. The van der Waals surface area contributed by atoms with Crippen molar-refractivity contribution in [3.05, 3.63) is 47.2 Å². The van der Waals surface area contributed by atoms with Gasteiger partial charge in [0.1, 0.15) is 16.1 Å². The topological polar surface area (TPSA) is 92.6 Å². The predicted octanol–water partition coefficient (Wildman–Crippen LogP) is 3.10. The maximum absolute atomic E-state index is 12.1. The number of anilines is 2. The van der Waals surface area contributed by atoms with Crippen molar-refractivity contribution in [2.24, 2.45) is 0 Å². The molecule has 2 N–H and O–H groups in total. The van der Waals surface area contributed by atoms with Crippen LogP contribution in [0.5, 0.6) is 0 Å². The Labute approximate surface area is 186 Å². The number of nitrogens with two attached hydrogens (primary N) is 1. The van der Waals surface area contributed by atoms with Crippen LogP contribution in [0.4, 0.5) is 11.6 Å². The number of aromatic nitrogens is 4. The summed E-state index contributed by atoms with van der Waals surface area (Å²) in [5.74, 6) is 1.55. The fraction of sp³-hybridized carbons (Fsp3) is 0.273. The molecule has 0 radical (unpaired) electrons. The molecule has 2 saturated heterocycles. The van der Waals surface area contributed by atoms with E-state index in [1.165, 1.54) is 0 Å². The summed E-state index contributed by atoms with van der Waals surface area (Å²) in [6.45, 7) is 2.20. The first kappa shape index (κ1) is 18.6. The summed E-state index contributed by atoms with van der Waals surface area (Å²) in [7, 11) is 0. The van der Waals surface area contributed by atoms with Crippen molar-refractivity contribution >= 4 is 50.0 Å². The average molecular weight is 478 g/mol. The minimum absolute atomic E-state index is 0.237. The van der Waals surface area contributed by atoms with Crippen LogP contribution >= 0.6 is 15.9 Å². The summed E-state index contributed by atoms with van der Waals surface area (Å²) in [6.07, 6.45) is 5.16. The fourth-order valence-corrected chi connectivity index (χ4v) is 5.18. The number of fused-ring (bicyclic) bond motifs is 3. The molecule has 4 aromatic rings. The highest BCUT2D eigenvalue weighted by atomic mass is 79.9. The SMILES string of the molecule is Nc1c(Br)c(N2CCN3C(=O)CCC3C2)nc2c(-c3cnc4ccccc4c3)cnn12. The van der Waals surface area contributed by atoms with E-state index in [4.69, 9.17) is 10.7 Å². The number of piperazine rings is 1. The number of hydrogen-bond acceptors (Lipinski definition) is 6. The Morgan fingerprint density at radius 2 is 2.03 bits per heavy atom. The number of amides is 1. The van der Waals surface area contributed by atoms with Gasteiger partial charge in [0.05, 0.1) is 11.7 Å². The molecule has 0 spiro atoms. The number of benzene rings is 1. The van der Waals surface area contributed by atoms with Gasteiger partial charge in [0.25, 0.3) is 0 Å². The van der Waals surface area contributed by atoms with Crippen molar-refractivity contribution in [2.45, 2.75) is 18.9 Å². The monoisotopic (exact) mass is 477 g/mol. The molecule has 2 aliphatic rings. The van der Waals surface area contributed by atoms with Gasteiger partial charge in [0, 0.05) is 54.8 Å². The van der Waals surface area contributed by atoms with Crippen LogP contribution in [0.25, 0.3) is 27.7 Å². The van der Waals surface area contributed by atoms with E-state index in [1.807, 2.05) is 35.4 Å². The zero-order valence-electron chi connectivity index (χ0n) is 16.7. The van der Waals surface area contributed by atoms with Crippen LogP contribution in [0.3, 0.4) is 0 Å². The predicted molar refractivity (Wildman–Crippen MR) is 123 cm³/mol. The van der Waals surface area contributed by atoms with Crippen LogP contribution in [-0.2, 0) is 4.79 Å². The van der Waals surface area contributed by atoms with Gasteiger partial charge in [0.15, 0.2) is 5.65 Å². The Kier molecular flexibility index (Phi) is 4.14. The smallest absolute Gasteiger partial charge is 0.223 e. The summed E-state index contributed by atoms with van der Waals surface area (Å²) in [6, 6.07) is 10.4. The van der Waals surface area contributed by atoms with Crippen LogP contribution in [-0.4, -0.2) is 56.1 Å². The molecule has 0 saturated carbocycles. The number of nitrogen functional groups attached to an aromatic ring is 1. The molecule has 1 unspecified atom stereocenters. The van der Waals surface area contributed by atoms with Crippen molar-refractivity contribution in [2.75, 3.05) is 30.3 Å². The molecule has 1 amide bonds. The van der Waals surface area contributed by atoms with Gasteiger partial charge in [-0.15, -0.1) is 0 Å². The minimum atomic E-state index is 0.237. The van der Waals surface area contributed by atoms with Gasteiger partial charge < -0.3 is 15.5 Å². The van der Waals surface area contributed by atoms with E-state index in [0.717, 1.165) is 51.8 Å². The zero-order chi connectivity index (χ0) is 21.1. The van der Waals surface area contributed by atoms with Gasteiger partial charge in [-0.1, -0.05) is 18.2 Å². The molecular weight excluding hydrogens is 458 g/mol. The van der Waals surface area contributed by atoms with Crippen LogP contribution < -0.4 is 10.6 Å². The Morgan fingerprint density at radius 3 is 2.94 bits per heavy atom. The number of pyridine rings is 1. The largest absolute Gasteiger partial charge is 0.383 e. The normalized spacial score (nSPS) is 18.9. The summed E-state index contributed by atoms with van der Waals surface area (Å²) < 4.78 is 2.39. The lowest BCUT2D eigenvalue weighted by atomic mass is 10.1. The van der Waals surface area contributed by atoms with Crippen LogP contribution in [0, 0.1) is 0 Å². The Balaban J connectivity index is 1.45. The maximum Gasteiger partial charge on any atom is 0.223 e. The highest BCUT2D eigenvalue weighted by molar-refractivity contribution is 9.10. The second-order valence-corrected chi connectivity index (χ2v) is 8.86. The number of para-hydroxylation sites is 1. The van der Waals surface area contributed by atoms with E-state index in [2.05, 4.69) is 37.0 Å². The first-order chi connectivity index (χ1) is 15.1. The molecule has 2 fully saturated rings. The van der Waals surface area contributed by atoms with E-state index in [-0.39, 0.29) is 11.9 Å². The van der Waals surface area contributed by atoms with Gasteiger partial charge >= 0.3 is 0 Å². The molecule has 0 bridgehead atoms. The first-order valence-electron chi connectivity index (χ1n) is 10.3. The van der Waals surface area contributed by atoms with Crippen molar-refractivity contribution in [1.29, 1.82) is 0 Å². The number of rotatable bonds is 2. The molecule has 156 valence electrons. The molecule has 9 heteroatoms. The van der Waals surface area contributed by atoms with Crippen LogP contribution in [0.1, 0.15) is 12.8 Å². The van der Waals surface area contributed by atoms with Crippen molar-refractivity contribution in [3.63, 3.8) is 0 Å². The van der Waals surface area contributed by atoms with E-state index >= 15 is 0 Å². The lowest BCUT2D eigenvalue weighted by Crippen LogP contribution is -2.51. The van der Waals surface area contributed by atoms with E-state index < -0.39 is 0 Å². The molecule has 31 heavy (non-hydrogen) atoms. The van der Waals surface area contributed by atoms with Gasteiger partial charge in [-0.25, -0.2) is 4.98 Å². The highest BCUT2D eigenvalue weighted by Crippen LogP contribution is 2.36. The van der Waals surface area contributed by atoms with Crippen LogP contribution in [0.15, 0.2) is 47.2 Å². The second kappa shape index (κ2) is 6.91. The summed E-state index contributed by atoms with van der Waals surface area (Å²) in [5, 5.41) is 5.55. The second-order valence-electron chi connectivity index (χ2n) is 8.07. The van der Waals surface area contributed by atoms with E-state index in [0.29, 0.717) is 24.4 Å². The third-order valence-corrected chi connectivity index (χ3v) is 7.06. The van der Waals surface area contributed by atoms with E-state index in [9.17, 15) is 4.79 Å².